The summed E-state index contributed by atoms with van der Waals surface area (Å²) in [6.07, 6.45) is 6.24. The Labute approximate surface area is 207 Å². The number of ketones is 1. The van der Waals surface area contributed by atoms with Crippen LogP contribution in [0.15, 0.2) is 12.2 Å². The monoisotopic (exact) mass is 488 g/mol. The fourth-order valence-electron chi connectivity index (χ4n) is 9.59. The Morgan fingerprint density at radius 1 is 1.09 bits per heavy atom. The van der Waals surface area contributed by atoms with Crippen molar-refractivity contribution in [2.24, 2.45) is 40.4 Å². The van der Waals surface area contributed by atoms with Crippen molar-refractivity contribution in [3.8, 4) is 0 Å². The molecule has 7 nitrogen and oxygen atoms in total. The fourth-order valence-corrected chi connectivity index (χ4v) is 9.59. The highest BCUT2D eigenvalue weighted by Crippen LogP contribution is 2.72. The van der Waals surface area contributed by atoms with E-state index in [0.29, 0.717) is 6.42 Å². The van der Waals surface area contributed by atoms with Crippen LogP contribution >= 0.6 is 0 Å². The number of fused-ring (bicyclic) bond motifs is 8. The van der Waals surface area contributed by atoms with Crippen molar-refractivity contribution in [3.05, 3.63) is 12.2 Å². The molecule has 6 aliphatic rings. The van der Waals surface area contributed by atoms with Crippen molar-refractivity contribution in [1.29, 1.82) is 0 Å². The quantitative estimate of drug-likeness (QED) is 0.404. The van der Waals surface area contributed by atoms with Gasteiger partial charge in [-0.3, -0.25) is 9.59 Å². The molecular weight excluding hydrogens is 448 g/mol. The van der Waals surface area contributed by atoms with Crippen molar-refractivity contribution < 1.29 is 34.4 Å². The van der Waals surface area contributed by atoms with Gasteiger partial charge in [-0.15, -0.1) is 0 Å². The number of carbonyl (C=O) groups excluding carboxylic acids is 2. The van der Waals surface area contributed by atoms with Crippen molar-refractivity contribution in [1.82, 2.24) is 0 Å². The summed E-state index contributed by atoms with van der Waals surface area (Å²) >= 11 is 0. The first-order chi connectivity index (χ1) is 16.2. The molecule has 0 aromatic rings. The molecule has 7 heteroatoms. The Morgan fingerprint density at radius 3 is 2.49 bits per heavy atom. The highest BCUT2D eigenvalue weighted by atomic mass is 16.6. The summed E-state index contributed by atoms with van der Waals surface area (Å²) in [5.41, 5.74) is -4.75. The standard InChI is InChI=1S/C28H40O7/c1-14-23(30)34-19(13-25(14,3)31)27(5,32)17-9-8-15-20-16(10-12-24(15,17)2)26(4)18(29)7-6-11-28(26,33)22-21(20)35-22/h6-7,14-17,19-22,31-33H,8-13H2,1-5H3. The van der Waals surface area contributed by atoms with Gasteiger partial charge in [-0.2, -0.15) is 0 Å². The molecule has 3 N–H and O–H groups in total. The number of allylic oxidation sites excluding steroid dienone is 1. The maximum absolute atomic E-state index is 13.3. The molecule has 4 aliphatic carbocycles. The van der Waals surface area contributed by atoms with Crippen LogP contribution in [0.2, 0.25) is 0 Å². The van der Waals surface area contributed by atoms with Crippen LogP contribution in [0.25, 0.3) is 0 Å². The van der Waals surface area contributed by atoms with Crippen LogP contribution in [0.4, 0.5) is 0 Å². The lowest BCUT2D eigenvalue weighted by Crippen LogP contribution is -2.68. The lowest BCUT2D eigenvalue weighted by molar-refractivity contribution is -0.221. The summed E-state index contributed by atoms with van der Waals surface area (Å²) in [5.74, 6) is -0.785. The minimum Gasteiger partial charge on any atom is -0.459 e. The third-order valence-corrected chi connectivity index (χ3v) is 12.1. The van der Waals surface area contributed by atoms with E-state index in [1.165, 1.54) is 0 Å². The second-order valence-corrected chi connectivity index (χ2v) is 13.5. The lowest BCUT2D eigenvalue weighted by Gasteiger charge is -2.60. The molecule has 35 heavy (non-hydrogen) atoms. The van der Waals surface area contributed by atoms with E-state index in [2.05, 4.69) is 6.92 Å². The molecule has 0 aromatic heterocycles. The number of hydrogen-bond donors (Lipinski definition) is 3. The summed E-state index contributed by atoms with van der Waals surface area (Å²) in [6.45, 7) is 9.28. The van der Waals surface area contributed by atoms with E-state index in [-0.39, 0.29) is 53.5 Å². The molecule has 13 unspecified atom stereocenters. The summed E-state index contributed by atoms with van der Waals surface area (Å²) < 4.78 is 11.9. The van der Waals surface area contributed by atoms with E-state index < -0.39 is 40.2 Å². The third-order valence-electron chi connectivity index (χ3n) is 12.1. The normalized spacial score (nSPS) is 58.4. The van der Waals surface area contributed by atoms with Gasteiger partial charge < -0.3 is 24.8 Å². The predicted octanol–water partition coefficient (Wildman–Crippen LogP) is 2.55. The van der Waals surface area contributed by atoms with E-state index in [1.54, 1.807) is 32.9 Å². The molecule has 0 amide bonds. The van der Waals surface area contributed by atoms with Gasteiger partial charge >= 0.3 is 5.97 Å². The van der Waals surface area contributed by atoms with Crippen LogP contribution < -0.4 is 0 Å². The minimum absolute atomic E-state index is 0.00538. The third kappa shape index (κ3) is 2.82. The molecule has 2 aliphatic heterocycles. The topological polar surface area (TPSA) is 117 Å². The van der Waals surface area contributed by atoms with E-state index in [9.17, 15) is 24.9 Å². The van der Waals surface area contributed by atoms with Crippen molar-refractivity contribution in [2.75, 3.05) is 0 Å². The molecular formula is C28H40O7. The average molecular weight is 489 g/mol. The second kappa shape index (κ2) is 6.97. The zero-order valence-electron chi connectivity index (χ0n) is 21.5. The zero-order chi connectivity index (χ0) is 25.3. The number of esters is 1. The summed E-state index contributed by atoms with van der Waals surface area (Å²) in [4.78, 5) is 25.8. The molecule has 0 spiro atoms. The molecule has 0 aromatic carbocycles. The molecule has 13 atom stereocenters. The van der Waals surface area contributed by atoms with Gasteiger partial charge in [-0.05, 0) is 95.0 Å². The number of epoxide rings is 1. The highest BCUT2D eigenvalue weighted by Gasteiger charge is 2.78. The maximum atomic E-state index is 13.3. The summed E-state index contributed by atoms with van der Waals surface area (Å²) in [7, 11) is 0. The first-order valence-electron chi connectivity index (χ1n) is 13.4. The number of carbonyl (C=O) groups is 2. The van der Waals surface area contributed by atoms with E-state index in [1.807, 2.05) is 6.92 Å². The lowest BCUT2D eigenvalue weighted by atomic mass is 9.43. The Balaban J connectivity index is 1.32. The summed E-state index contributed by atoms with van der Waals surface area (Å²) in [5, 5.41) is 34.5. The van der Waals surface area contributed by atoms with Crippen LogP contribution in [-0.4, -0.2) is 62.2 Å². The maximum Gasteiger partial charge on any atom is 0.311 e. The van der Waals surface area contributed by atoms with Crippen LogP contribution in [0.3, 0.4) is 0 Å². The van der Waals surface area contributed by atoms with Gasteiger partial charge in [-0.1, -0.05) is 13.0 Å². The van der Waals surface area contributed by atoms with E-state index in [4.69, 9.17) is 9.47 Å². The van der Waals surface area contributed by atoms with Gasteiger partial charge in [0.05, 0.1) is 23.0 Å². The molecule has 194 valence electrons. The second-order valence-electron chi connectivity index (χ2n) is 13.5. The molecule has 2 saturated heterocycles. The van der Waals surface area contributed by atoms with Crippen molar-refractivity contribution in [3.63, 3.8) is 0 Å². The highest BCUT2D eigenvalue weighted by molar-refractivity contribution is 5.97. The van der Waals surface area contributed by atoms with Gasteiger partial charge in [0.25, 0.3) is 0 Å². The van der Waals surface area contributed by atoms with Gasteiger partial charge in [0, 0.05) is 6.42 Å². The SMILES string of the molecule is CC1C(=O)OC(C(C)(O)C2CCC3C4C5OC5C5(O)CC=CC(=O)C5(C)C4CCC32C)CC1(C)O. The van der Waals surface area contributed by atoms with Gasteiger partial charge in [0.2, 0.25) is 0 Å². The van der Waals surface area contributed by atoms with Gasteiger partial charge in [0.15, 0.2) is 5.78 Å². The van der Waals surface area contributed by atoms with Crippen LogP contribution in [0, 0.1) is 40.4 Å². The van der Waals surface area contributed by atoms with Crippen LogP contribution in [0.5, 0.6) is 0 Å². The Kier molecular flexibility index (Phi) is 4.80. The first-order valence-corrected chi connectivity index (χ1v) is 13.4. The minimum atomic E-state index is -1.29. The van der Waals surface area contributed by atoms with Gasteiger partial charge in [0.1, 0.15) is 23.4 Å². The van der Waals surface area contributed by atoms with E-state index in [0.717, 1.165) is 25.7 Å². The van der Waals surface area contributed by atoms with E-state index >= 15 is 0 Å². The zero-order valence-corrected chi connectivity index (χ0v) is 21.5. The number of aliphatic hydroxyl groups is 3. The Hall–Kier alpha value is -1.28. The number of hydrogen-bond acceptors (Lipinski definition) is 7. The molecule has 0 radical (unpaired) electrons. The molecule has 2 heterocycles. The Bertz CT molecular complexity index is 1000. The number of cyclic esters (lactones) is 1. The van der Waals surface area contributed by atoms with Crippen molar-refractivity contribution >= 4 is 11.8 Å². The number of ether oxygens (including phenoxy) is 2. The van der Waals surface area contributed by atoms with Crippen LogP contribution in [0.1, 0.15) is 73.1 Å². The first kappa shape index (κ1) is 24.1. The summed E-state index contributed by atoms with van der Waals surface area (Å²) in [6, 6.07) is 0. The average Bonchev–Trinajstić information content (AvgIpc) is 3.49. The molecule has 3 saturated carbocycles. The Morgan fingerprint density at radius 2 is 1.80 bits per heavy atom. The molecule has 0 bridgehead atoms. The van der Waals surface area contributed by atoms with Crippen molar-refractivity contribution in [2.45, 2.75) is 108 Å². The largest absolute Gasteiger partial charge is 0.459 e. The smallest absolute Gasteiger partial charge is 0.311 e. The van der Waals surface area contributed by atoms with Crippen LogP contribution in [-0.2, 0) is 19.1 Å². The predicted molar refractivity (Wildman–Crippen MR) is 126 cm³/mol. The number of rotatable bonds is 2. The fraction of sp³-hybridized carbons (Fsp3) is 0.857. The molecule has 5 fully saturated rings. The van der Waals surface area contributed by atoms with Gasteiger partial charge in [-0.25, -0.2) is 0 Å². The molecule has 6 rings (SSSR count).